The van der Waals surface area contributed by atoms with Gasteiger partial charge in [-0.25, -0.2) is 29.0 Å². The van der Waals surface area contributed by atoms with Gasteiger partial charge in [-0.05, 0) is 33.3 Å². The van der Waals surface area contributed by atoms with E-state index in [2.05, 4.69) is 30.4 Å². The highest BCUT2D eigenvalue weighted by Gasteiger charge is 2.50. The average Bonchev–Trinajstić information content (AvgIpc) is 3.49. The van der Waals surface area contributed by atoms with Crippen molar-refractivity contribution in [1.29, 1.82) is 0 Å². The molecule has 0 aliphatic carbocycles. The molecule has 5 rings (SSSR count). The third-order valence-corrected chi connectivity index (χ3v) is 7.62. The van der Waals surface area contributed by atoms with Crippen LogP contribution < -0.4 is 11.1 Å². The number of anilines is 2. The van der Waals surface area contributed by atoms with Crippen LogP contribution in [0.3, 0.4) is 0 Å². The highest BCUT2D eigenvalue weighted by Crippen LogP contribution is 2.46. The second kappa shape index (κ2) is 8.54. The Morgan fingerprint density at radius 2 is 2.08 bits per heavy atom. The minimum absolute atomic E-state index is 0.0611. The van der Waals surface area contributed by atoms with Gasteiger partial charge in [-0.3, -0.25) is 9.59 Å². The van der Waals surface area contributed by atoms with Crippen molar-refractivity contribution < 1.29 is 19.1 Å². The van der Waals surface area contributed by atoms with E-state index in [1.165, 1.54) is 17.4 Å². The molecule has 37 heavy (non-hydrogen) atoms. The van der Waals surface area contributed by atoms with Crippen molar-refractivity contribution in [3.05, 3.63) is 39.7 Å². The van der Waals surface area contributed by atoms with Crippen molar-refractivity contribution in [1.82, 2.24) is 29.7 Å². The number of amides is 1. The van der Waals surface area contributed by atoms with Crippen molar-refractivity contribution in [3.8, 4) is 11.5 Å². The molecule has 0 spiro atoms. The number of aliphatic carboxylic acids is 1. The molecular weight excluding hydrogens is 499 g/mol. The molecule has 1 aliphatic heterocycles. The van der Waals surface area contributed by atoms with E-state index in [4.69, 9.17) is 5.73 Å². The van der Waals surface area contributed by atoms with Gasteiger partial charge >= 0.3 is 5.97 Å². The number of hydrogen-bond acceptors (Lipinski definition) is 9. The fourth-order valence-corrected chi connectivity index (χ4v) is 5.41. The van der Waals surface area contributed by atoms with Crippen LogP contribution in [0.25, 0.3) is 22.6 Å². The highest BCUT2D eigenvalue weighted by atomic mass is 32.1. The molecule has 0 saturated carbocycles. The molecule has 192 valence electrons. The van der Waals surface area contributed by atoms with Crippen LogP contribution in [0.1, 0.15) is 50.4 Å². The number of nitrogens with one attached hydrogen (secondary N) is 1. The molecular formula is C24H25FN8O3S. The van der Waals surface area contributed by atoms with Crippen molar-refractivity contribution in [2.45, 2.75) is 52.5 Å². The summed E-state index contributed by atoms with van der Waals surface area (Å²) in [5.74, 6) is -1.42. The number of thiazole rings is 1. The van der Waals surface area contributed by atoms with Crippen LogP contribution in [0.4, 0.5) is 16.0 Å². The van der Waals surface area contributed by atoms with E-state index in [0.29, 0.717) is 39.5 Å². The van der Waals surface area contributed by atoms with Gasteiger partial charge in [-0.1, -0.05) is 6.92 Å². The molecule has 1 aliphatic rings. The summed E-state index contributed by atoms with van der Waals surface area (Å²) in [5, 5.41) is 19.4. The molecule has 1 atom stereocenters. The summed E-state index contributed by atoms with van der Waals surface area (Å²) in [6.07, 6.45) is 2.12. The summed E-state index contributed by atoms with van der Waals surface area (Å²) < 4.78 is 15.7. The van der Waals surface area contributed by atoms with Gasteiger partial charge in [-0.15, -0.1) is 11.3 Å². The number of fused-ring (bicyclic) bond motifs is 2. The van der Waals surface area contributed by atoms with Gasteiger partial charge in [0.2, 0.25) is 5.91 Å². The van der Waals surface area contributed by atoms with Gasteiger partial charge in [0.25, 0.3) is 0 Å². The molecule has 4 N–H and O–H groups in total. The molecule has 11 nitrogen and oxygen atoms in total. The predicted octanol–water partition coefficient (Wildman–Crippen LogP) is 3.39. The summed E-state index contributed by atoms with van der Waals surface area (Å²) >= 11 is 1.25. The molecule has 1 amide bonds. The molecule has 0 radical (unpaired) electrons. The fourth-order valence-electron chi connectivity index (χ4n) is 4.43. The monoisotopic (exact) mass is 524 g/mol. The number of carboxylic acid groups (broad SMARTS) is 1. The minimum atomic E-state index is -1.27. The second-order valence-electron chi connectivity index (χ2n) is 9.84. The van der Waals surface area contributed by atoms with Crippen LogP contribution in [0.5, 0.6) is 0 Å². The zero-order valence-electron chi connectivity index (χ0n) is 20.7. The highest BCUT2D eigenvalue weighted by molar-refractivity contribution is 7.10. The summed E-state index contributed by atoms with van der Waals surface area (Å²) in [6, 6.07) is 1.32. The lowest BCUT2D eigenvalue weighted by molar-refractivity contribution is -0.146. The Balaban J connectivity index is 1.59. The fraction of sp³-hybridized carbons (Fsp3) is 0.375. The first kappa shape index (κ1) is 24.7. The Morgan fingerprint density at radius 1 is 1.32 bits per heavy atom. The Morgan fingerprint density at radius 3 is 2.78 bits per heavy atom. The van der Waals surface area contributed by atoms with Crippen LogP contribution in [0.15, 0.2) is 17.6 Å². The number of carbonyl (C=O) groups is 2. The first-order valence-corrected chi connectivity index (χ1v) is 12.5. The molecule has 4 aromatic rings. The number of nitrogens with two attached hydrogens (primary N) is 1. The number of aromatic nitrogens is 6. The Hall–Kier alpha value is -4.00. The third kappa shape index (κ3) is 3.89. The molecule has 0 saturated heterocycles. The maximum absolute atomic E-state index is 14.1. The number of hydrogen-bond donors (Lipinski definition) is 3. The van der Waals surface area contributed by atoms with E-state index < -0.39 is 22.6 Å². The predicted molar refractivity (Wildman–Crippen MR) is 136 cm³/mol. The summed E-state index contributed by atoms with van der Waals surface area (Å²) in [7, 11) is 0. The number of nitrogen functional groups attached to an aromatic ring is 1. The van der Waals surface area contributed by atoms with Gasteiger partial charge in [0.1, 0.15) is 33.6 Å². The van der Waals surface area contributed by atoms with E-state index >= 15 is 0 Å². The van der Waals surface area contributed by atoms with Crippen molar-refractivity contribution in [2.24, 2.45) is 5.41 Å². The number of aryl methyl sites for hydroxylation is 1. The number of carbonyl (C=O) groups excluding carboxylic acids is 1. The maximum atomic E-state index is 14.1. The zero-order valence-corrected chi connectivity index (χ0v) is 21.5. The molecule has 4 aromatic heterocycles. The van der Waals surface area contributed by atoms with Crippen LogP contribution in [-0.4, -0.2) is 46.7 Å². The van der Waals surface area contributed by atoms with Gasteiger partial charge < -0.3 is 16.2 Å². The first-order valence-electron chi connectivity index (χ1n) is 11.7. The number of halogens is 1. The Labute approximate surface area is 215 Å². The van der Waals surface area contributed by atoms with Crippen LogP contribution in [0, 0.1) is 11.2 Å². The smallest absolute Gasteiger partial charge is 0.309 e. The molecule has 1 unspecified atom stereocenters. The standard InChI is InChI=1S/C24H25FN8O3S/c1-5-6-33-19-13(7-11(25)9-27-19)15(32-33)18-29-16(26)14-17(30-18)31-20(34)24(14,4)21-28-12(10-37-21)8-23(2,3)22(35)36/h7,9-10H,5-6,8H2,1-4H3,(H,35,36)(H3,26,29,30,31,34). The van der Waals surface area contributed by atoms with Gasteiger partial charge in [-0.2, -0.15) is 5.10 Å². The summed E-state index contributed by atoms with van der Waals surface area (Å²) in [4.78, 5) is 42.6. The first-order chi connectivity index (χ1) is 17.5. The van der Waals surface area contributed by atoms with E-state index in [9.17, 15) is 19.1 Å². The van der Waals surface area contributed by atoms with E-state index in [0.717, 1.165) is 12.6 Å². The number of nitrogens with zero attached hydrogens (tertiary/aromatic N) is 6. The largest absolute Gasteiger partial charge is 0.481 e. The van der Waals surface area contributed by atoms with Gasteiger partial charge in [0.05, 0.1) is 28.3 Å². The van der Waals surface area contributed by atoms with E-state index in [-0.39, 0.29) is 29.8 Å². The topological polar surface area (TPSA) is 162 Å². The number of pyridine rings is 1. The SMILES string of the molecule is CCCn1nc(-c2nc(N)c3c(n2)NC(=O)C3(C)c2nc(CC(C)(C)C(=O)O)cs2)c2cc(F)cnc21. The quantitative estimate of drug-likeness (QED) is 0.329. The average molecular weight is 525 g/mol. The zero-order chi connectivity index (χ0) is 26.7. The molecule has 0 bridgehead atoms. The third-order valence-electron chi connectivity index (χ3n) is 6.51. The molecule has 13 heteroatoms. The summed E-state index contributed by atoms with van der Waals surface area (Å²) in [5.41, 5.74) is 5.86. The maximum Gasteiger partial charge on any atom is 0.309 e. The van der Waals surface area contributed by atoms with E-state index in [1.807, 2.05) is 6.92 Å². The van der Waals surface area contributed by atoms with Crippen molar-refractivity contribution in [3.63, 3.8) is 0 Å². The lowest BCUT2D eigenvalue weighted by Crippen LogP contribution is -2.33. The molecule has 0 fully saturated rings. The molecule has 5 heterocycles. The normalized spacial score (nSPS) is 17.3. The van der Waals surface area contributed by atoms with E-state index in [1.54, 1.807) is 30.8 Å². The second-order valence-corrected chi connectivity index (χ2v) is 10.7. The Bertz CT molecular complexity index is 1580. The van der Waals surface area contributed by atoms with Crippen molar-refractivity contribution >= 4 is 45.9 Å². The number of carboxylic acids is 1. The van der Waals surface area contributed by atoms with Crippen LogP contribution in [-0.2, 0) is 28.0 Å². The van der Waals surface area contributed by atoms with Crippen molar-refractivity contribution in [2.75, 3.05) is 11.1 Å². The lowest BCUT2D eigenvalue weighted by Gasteiger charge is -2.20. The van der Waals surface area contributed by atoms with Gasteiger partial charge in [0, 0.05) is 18.3 Å². The minimum Gasteiger partial charge on any atom is -0.481 e. The molecule has 0 aromatic carbocycles. The van der Waals surface area contributed by atoms with Crippen LogP contribution in [0.2, 0.25) is 0 Å². The number of rotatable bonds is 7. The van der Waals surface area contributed by atoms with Gasteiger partial charge in [0.15, 0.2) is 11.5 Å². The Kier molecular flexibility index (Phi) is 5.70. The van der Waals surface area contributed by atoms with Crippen LogP contribution >= 0.6 is 11.3 Å². The lowest BCUT2D eigenvalue weighted by atomic mass is 9.85. The summed E-state index contributed by atoms with van der Waals surface area (Å²) in [6.45, 7) is 7.48.